The van der Waals surface area contributed by atoms with Gasteiger partial charge in [-0.3, -0.25) is 14.7 Å². The van der Waals surface area contributed by atoms with Crippen molar-refractivity contribution in [2.45, 2.75) is 25.9 Å². The third-order valence-corrected chi connectivity index (χ3v) is 5.55. The third kappa shape index (κ3) is 4.69. The van der Waals surface area contributed by atoms with E-state index in [0.29, 0.717) is 18.7 Å². The zero-order valence-corrected chi connectivity index (χ0v) is 17.3. The lowest BCUT2D eigenvalue weighted by atomic mass is 9.97. The zero-order valence-electron chi connectivity index (χ0n) is 17.3. The Balaban J connectivity index is 1.48. The molecule has 0 bridgehead atoms. The number of benzene rings is 2. The lowest BCUT2D eigenvalue weighted by Crippen LogP contribution is -2.40. The maximum atomic E-state index is 12.7. The average molecular weight is 402 g/mol. The van der Waals surface area contributed by atoms with Crippen molar-refractivity contribution in [2.24, 2.45) is 0 Å². The Hall–Kier alpha value is -3.18. The molecule has 1 amide bonds. The Kier molecular flexibility index (Phi) is 6.40. The van der Waals surface area contributed by atoms with Crippen molar-refractivity contribution in [2.75, 3.05) is 19.7 Å². The molecule has 5 heteroatoms. The second-order valence-corrected chi connectivity index (χ2v) is 7.46. The van der Waals surface area contributed by atoms with Crippen LogP contribution in [0.25, 0.3) is 0 Å². The minimum Gasteiger partial charge on any atom is -0.494 e. The summed E-state index contributed by atoms with van der Waals surface area (Å²) in [6.07, 6.45) is 4.69. The highest BCUT2D eigenvalue weighted by Gasteiger charge is 2.25. The predicted octanol–water partition coefficient (Wildman–Crippen LogP) is 4.01. The molecule has 1 atom stereocenters. The Morgan fingerprint density at radius 1 is 1.10 bits per heavy atom. The van der Waals surface area contributed by atoms with E-state index in [1.165, 1.54) is 11.1 Å². The molecule has 3 aromatic rings. The van der Waals surface area contributed by atoms with E-state index in [1.807, 2.05) is 31.3 Å². The maximum absolute atomic E-state index is 12.7. The van der Waals surface area contributed by atoms with Crippen LogP contribution in [0.4, 0.5) is 0 Å². The first-order valence-corrected chi connectivity index (χ1v) is 10.5. The van der Waals surface area contributed by atoms with Gasteiger partial charge in [-0.15, -0.1) is 0 Å². The molecule has 2 aromatic carbocycles. The normalized spacial score (nSPS) is 14.6. The fourth-order valence-electron chi connectivity index (χ4n) is 3.98. The van der Waals surface area contributed by atoms with Crippen LogP contribution in [0, 0.1) is 0 Å². The summed E-state index contributed by atoms with van der Waals surface area (Å²) in [6.45, 7) is 4.90. The van der Waals surface area contributed by atoms with Gasteiger partial charge in [-0.2, -0.15) is 0 Å². The summed E-state index contributed by atoms with van der Waals surface area (Å²) in [4.78, 5) is 19.5. The number of pyridine rings is 1. The molecular weight excluding hydrogens is 374 g/mol. The number of nitrogens with one attached hydrogen (secondary N) is 1. The van der Waals surface area contributed by atoms with Gasteiger partial charge in [0.1, 0.15) is 5.75 Å². The molecule has 1 N–H and O–H groups in total. The number of hydrogen-bond acceptors (Lipinski definition) is 4. The number of ether oxygens (including phenoxy) is 1. The molecule has 0 fully saturated rings. The molecule has 1 unspecified atom stereocenters. The van der Waals surface area contributed by atoms with Crippen LogP contribution < -0.4 is 10.1 Å². The molecule has 1 aliphatic rings. The Labute approximate surface area is 177 Å². The van der Waals surface area contributed by atoms with Crippen molar-refractivity contribution in [1.82, 2.24) is 15.2 Å². The van der Waals surface area contributed by atoms with Crippen LogP contribution in [-0.2, 0) is 13.0 Å². The van der Waals surface area contributed by atoms with Gasteiger partial charge < -0.3 is 10.1 Å². The van der Waals surface area contributed by atoms with E-state index in [0.717, 1.165) is 30.8 Å². The van der Waals surface area contributed by atoms with Crippen molar-refractivity contribution >= 4 is 5.91 Å². The summed E-state index contributed by atoms with van der Waals surface area (Å²) in [6, 6.07) is 20.0. The molecule has 4 rings (SSSR count). The fourth-order valence-corrected chi connectivity index (χ4v) is 3.98. The molecule has 1 aromatic heterocycles. The topological polar surface area (TPSA) is 54.5 Å². The van der Waals surface area contributed by atoms with Crippen LogP contribution in [0.5, 0.6) is 5.75 Å². The minimum atomic E-state index is -0.0793. The highest BCUT2D eigenvalue weighted by molar-refractivity contribution is 5.94. The van der Waals surface area contributed by atoms with Crippen molar-refractivity contribution < 1.29 is 9.53 Å². The van der Waals surface area contributed by atoms with E-state index < -0.39 is 0 Å². The first kappa shape index (κ1) is 20.1. The van der Waals surface area contributed by atoms with Gasteiger partial charge in [-0.25, -0.2) is 0 Å². The number of hydrogen-bond donors (Lipinski definition) is 1. The lowest BCUT2D eigenvalue weighted by Gasteiger charge is -2.36. The van der Waals surface area contributed by atoms with Gasteiger partial charge in [0.05, 0.1) is 12.6 Å². The molecule has 2 heterocycles. The fraction of sp³-hybridized carbons (Fsp3) is 0.280. The van der Waals surface area contributed by atoms with Gasteiger partial charge in [0.25, 0.3) is 5.91 Å². The highest BCUT2D eigenvalue weighted by atomic mass is 16.5. The van der Waals surface area contributed by atoms with Crippen LogP contribution in [0.2, 0.25) is 0 Å². The zero-order chi connectivity index (χ0) is 20.8. The number of nitrogens with zero attached hydrogens (tertiary/aromatic N) is 2. The largest absolute Gasteiger partial charge is 0.494 e. The number of amides is 1. The standard InChI is InChI=1S/C25H27N3O2/c1-2-30-23-11-9-20(10-12-23)25(29)27-17-24(21-8-5-14-26-16-21)28-15-13-19-6-3-4-7-22(19)18-28/h3-12,14,16,24H,2,13,15,17-18H2,1H3,(H,27,29). The number of aromatic nitrogens is 1. The molecule has 0 spiro atoms. The average Bonchev–Trinajstić information content (AvgIpc) is 2.80. The number of carbonyl (C=O) groups excluding carboxylic acids is 1. The molecule has 30 heavy (non-hydrogen) atoms. The van der Waals surface area contributed by atoms with Crippen LogP contribution >= 0.6 is 0 Å². The van der Waals surface area contributed by atoms with E-state index in [2.05, 4.69) is 45.5 Å². The van der Waals surface area contributed by atoms with Crippen molar-refractivity contribution in [1.29, 1.82) is 0 Å². The van der Waals surface area contributed by atoms with Gasteiger partial charge in [0, 0.05) is 37.6 Å². The van der Waals surface area contributed by atoms with Crippen LogP contribution in [0.3, 0.4) is 0 Å². The van der Waals surface area contributed by atoms with Gasteiger partial charge in [-0.1, -0.05) is 30.3 Å². The van der Waals surface area contributed by atoms with Gasteiger partial charge in [0.15, 0.2) is 0 Å². The summed E-state index contributed by atoms with van der Waals surface area (Å²) in [5.41, 5.74) is 4.52. The highest BCUT2D eigenvalue weighted by Crippen LogP contribution is 2.27. The van der Waals surface area contributed by atoms with E-state index in [-0.39, 0.29) is 11.9 Å². The molecule has 154 valence electrons. The molecular formula is C25H27N3O2. The van der Waals surface area contributed by atoms with Gasteiger partial charge in [0.2, 0.25) is 0 Å². The van der Waals surface area contributed by atoms with Crippen LogP contribution in [0.15, 0.2) is 73.1 Å². The molecule has 0 saturated heterocycles. The predicted molar refractivity (Wildman–Crippen MR) is 117 cm³/mol. The van der Waals surface area contributed by atoms with Gasteiger partial charge in [-0.05, 0) is 60.4 Å². The smallest absolute Gasteiger partial charge is 0.251 e. The Morgan fingerprint density at radius 3 is 2.63 bits per heavy atom. The second-order valence-electron chi connectivity index (χ2n) is 7.46. The van der Waals surface area contributed by atoms with Crippen LogP contribution in [-0.4, -0.2) is 35.5 Å². The monoisotopic (exact) mass is 401 g/mol. The molecule has 1 aliphatic heterocycles. The van der Waals surface area contributed by atoms with E-state index in [9.17, 15) is 4.79 Å². The van der Waals surface area contributed by atoms with E-state index in [1.54, 1.807) is 18.3 Å². The minimum absolute atomic E-state index is 0.0682. The lowest BCUT2D eigenvalue weighted by molar-refractivity contribution is 0.0927. The summed E-state index contributed by atoms with van der Waals surface area (Å²) in [5.74, 6) is 0.693. The van der Waals surface area contributed by atoms with E-state index >= 15 is 0 Å². The summed E-state index contributed by atoms with van der Waals surface area (Å²) < 4.78 is 5.46. The summed E-state index contributed by atoms with van der Waals surface area (Å²) in [7, 11) is 0. The Morgan fingerprint density at radius 2 is 1.90 bits per heavy atom. The third-order valence-electron chi connectivity index (χ3n) is 5.55. The number of carbonyl (C=O) groups is 1. The van der Waals surface area contributed by atoms with E-state index in [4.69, 9.17) is 4.74 Å². The molecule has 0 radical (unpaired) electrons. The maximum Gasteiger partial charge on any atom is 0.251 e. The SMILES string of the molecule is CCOc1ccc(C(=O)NCC(c2cccnc2)N2CCc3ccccc3C2)cc1. The number of fused-ring (bicyclic) bond motifs is 1. The quantitative estimate of drug-likeness (QED) is 0.650. The van der Waals surface area contributed by atoms with Crippen molar-refractivity contribution in [3.8, 4) is 5.75 Å². The number of rotatable bonds is 7. The first-order chi connectivity index (χ1) is 14.7. The molecule has 5 nitrogen and oxygen atoms in total. The molecule has 0 aliphatic carbocycles. The van der Waals surface area contributed by atoms with Crippen molar-refractivity contribution in [3.63, 3.8) is 0 Å². The second kappa shape index (κ2) is 9.55. The van der Waals surface area contributed by atoms with Gasteiger partial charge >= 0.3 is 0 Å². The summed E-state index contributed by atoms with van der Waals surface area (Å²) >= 11 is 0. The Bertz CT molecular complexity index is 973. The first-order valence-electron chi connectivity index (χ1n) is 10.5. The van der Waals surface area contributed by atoms with Crippen molar-refractivity contribution in [3.05, 3.63) is 95.3 Å². The molecule has 0 saturated carbocycles. The van der Waals surface area contributed by atoms with Crippen LogP contribution in [0.1, 0.15) is 40.0 Å². The summed E-state index contributed by atoms with van der Waals surface area (Å²) in [5, 5.41) is 3.12.